The number of imidazole rings is 1. The monoisotopic (exact) mass is 273 g/mol. The third-order valence-corrected chi connectivity index (χ3v) is 3.44. The highest BCUT2D eigenvalue weighted by molar-refractivity contribution is 6.49. The summed E-state index contributed by atoms with van der Waals surface area (Å²) in [5.41, 5.74) is 8.78. The first kappa shape index (κ1) is 13.4. The van der Waals surface area contributed by atoms with Gasteiger partial charge in [-0.25, -0.2) is 4.98 Å². The van der Waals surface area contributed by atoms with Gasteiger partial charge in [-0.15, -0.1) is 0 Å². The van der Waals surface area contributed by atoms with Crippen molar-refractivity contribution in [1.82, 2.24) is 9.55 Å². The molecule has 4 nitrogen and oxygen atoms in total. The summed E-state index contributed by atoms with van der Waals surface area (Å²) < 4.78 is 7.84. The lowest BCUT2D eigenvalue weighted by Gasteiger charge is -2.14. The molecule has 2 rings (SSSR count). The molecule has 1 aromatic heterocycles. The van der Waals surface area contributed by atoms with Gasteiger partial charge in [0.05, 0.1) is 18.2 Å². The first-order valence-electron chi connectivity index (χ1n) is 6.27. The maximum absolute atomic E-state index is 6.19. The van der Waals surface area contributed by atoms with Crippen molar-refractivity contribution >= 4 is 20.8 Å². The van der Waals surface area contributed by atoms with Gasteiger partial charge in [-0.05, 0) is 31.3 Å². The Kier molecular flexibility index (Phi) is 4.06. The third kappa shape index (κ3) is 3.26. The van der Waals surface area contributed by atoms with Crippen LogP contribution >= 0.6 is 0 Å². The lowest BCUT2D eigenvalue weighted by molar-refractivity contribution is 0.578. The Hall–Kier alpha value is -2.01. The molecule has 19 heavy (non-hydrogen) atoms. The fourth-order valence-electron chi connectivity index (χ4n) is 1.81. The zero-order valence-corrected chi connectivity index (χ0v) is 12.7. The fraction of sp³-hybridized carbons (Fsp3) is 0.214. The minimum atomic E-state index is -1.15. The predicted molar refractivity (Wildman–Crippen MR) is 81.2 cm³/mol. The second-order valence-electron chi connectivity index (χ2n) is 4.69. The molecule has 2 N–H and O–H groups in total. The van der Waals surface area contributed by atoms with Crippen LogP contribution in [0.15, 0.2) is 36.8 Å². The van der Waals surface area contributed by atoms with Crippen molar-refractivity contribution in [1.29, 1.82) is 0 Å². The summed E-state index contributed by atoms with van der Waals surface area (Å²) in [6.07, 6.45) is 5.45. The molecule has 0 fully saturated rings. The highest BCUT2D eigenvalue weighted by Gasteiger charge is 2.08. The molecule has 0 atom stereocenters. The van der Waals surface area contributed by atoms with Crippen LogP contribution in [0.5, 0.6) is 5.75 Å². The second-order valence-corrected chi connectivity index (χ2v) is 7.03. The molecular weight excluding hydrogens is 254 g/mol. The largest absolute Gasteiger partial charge is 0.547 e. The Bertz CT molecular complexity index is 590. The average molecular weight is 273 g/mol. The summed E-state index contributed by atoms with van der Waals surface area (Å²) in [5, 5.41) is 0. The molecule has 1 heterocycles. The van der Waals surface area contributed by atoms with Gasteiger partial charge in [0.15, 0.2) is 0 Å². The quantitative estimate of drug-likeness (QED) is 0.869. The lowest BCUT2D eigenvalue weighted by Crippen LogP contribution is -2.13. The molecule has 1 aromatic carbocycles. The summed E-state index contributed by atoms with van der Waals surface area (Å²) >= 11 is 0. The van der Waals surface area contributed by atoms with Crippen molar-refractivity contribution in [3.05, 3.63) is 48.0 Å². The van der Waals surface area contributed by atoms with Gasteiger partial charge in [0.25, 0.3) is 0 Å². The van der Waals surface area contributed by atoms with E-state index in [4.69, 9.17) is 10.2 Å². The van der Waals surface area contributed by atoms with Gasteiger partial charge in [-0.3, -0.25) is 0 Å². The number of aromatic nitrogens is 2. The van der Waals surface area contributed by atoms with E-state index in [-0.39, 0.29) is 0 Å². The molecule has 0 spiro atoms. The molecule has 0 saturated heterocycles. The van der Waals surface area contributed by atoms with E-state index in [1.807, 2.05) is 42.0 Å². The number of hydrogen-bond acceptors (Lipinski definition) is 3. The molecule has 100 valence electrons. The maximum atomic E-state index is 6.19. The zero-order chi connectivity index (χ0) is 13.8. The first-order valence-corrected chi connectivity index (χ1v) is 9.05. The minimum Gasteiger partial charge on any atom is -0.547 e. The van der Waals surface area contributed by atoms with Gasteiger partial charge >= 0.3 is 0 Å². The molecule has 0 saturated carbocycles. The molecule has 0 aliphatic rings. The Labute approximate surface area is 115 Å². The summed E-state index contributed by atoms with van der Waals surface area (Å²) in [5.74, 6) is 0.861. The van der Waals surface area contributed by atoms with Crippen LogP contribution < -0.4 is 10.2 Å². The number of hydrogen-bond donors (Lipinski definition) is 1. The molecule has 0 radical (unpaired) electrons. The van der Waals surface area contributed by atoms with Crippen molar-refractivity contribution in [3.8, 4) is 5.75 Å². The van der Waals surface area contributed by atoms with Crippen LogP contribution in [-0.4, -0.2) is 18.6 Å². The molecule has 0 bridgehead atoms. The third-order valence-electron chi connectivity index (χ3n) is 2.72. The van der Waals surface area contributed by atoms with Crippen LogP contribution in [0.1, 0.15) is 11.3 Å². The number of benzene rings is 1. The normalized spacial score (nSPS) is 11.9. The molecule has 0 amide bonds. The van der Waals surface area contributed by atoms with E-state index in [0.29, 0.717) is 5.70 Å². The van der Waals surface area contributed by atoms with E-state index in [1.54, 1.807) is 12.5 Å². The molecule has 0 unspecified atom stereocenters. The SMILES string of the molecule is Cn1cncc1/C=C(\N)c1ccccc1O[SiH](C)C. The van der Waals surface area contributed by atoms with E-state index in [2.05, 4.69) is 18.1 Å². The maximum Gasteiger partial charge on any atom is 0.229 e. The smallest absolute Gasteiger partial charge is 0.229 e. The Morgan fingerprint density at radius 1 is 1.37 bits per heavy atom. The summed E-state index contributed by atoms with van der Waals surface area (Å²) in [6.45, 7) is 4.27. The summed E-state index contributed by atoms with van der Waals surface area (Å²) in [7, 11) is 0.791. The Morgan fingerprint density at radius 2 is 2.11 bits per heavy atom. The molecule has 0 aliphatic heterocycles. The van der Waals surface area contributed by atoms with Gasteiger partial charge < -0.3 is 14.7 Å². The van der Waals surface area contributed by atoms with Crippen molar-refractivity contribution < 1.29 is 4.43 Å². The van der Waals surface area contributed by atoms with Crippen LogP contribution in [0, 0.1) is 0 Å². The van der Waals surface area contributed by atoms with Crippen molar-refractivity contribution in [2.24, 2.45) is 12.8 Å². The summed E-state index contributed by atoms with van der Waals surface area (Å²) in [4.78, 5) is 4.08. The van der Waals surface area contributed by atoms with Crippen LogP contribution in [0.3, 0.4) is 0 Å². The standard InChI is InChI=1S/C14H19N3OSi/c1-17-10-16-9-11(17)8-13(15)12-6-4-5-7-14(12)18-19(2)3/h4-10,19H,15H2,1-3H3/b13-8-. The minimum absolute atomic E-state index is 0.689. The van der Waals surface area contributed by atoms with Crippen LogP contribution in [0.2, 0.25) is 13.1 Å². The molecule has 0 aliphatic carbocycles. The van der Waals surface area contributed by atoms with Crippen molar-refractivity contribution in [3.63, 3.8) is 0 Å². The number of nitrogens with zero attached hydrogens (tertiary/aromatic N) is 2. The van der Waals surface area contributed by atoms with E-state index in [0.717, 1.165) is 17.0 Å². The van der Waals surface area contributed by atoms with Gasteiger partial charge in [0, 0.05) is 18.3 Å². The van der Waals surface area contributed by atoms with E-state index in [1.165, 1.54) is 0 Å². The number of aryl methyl sites for hydroxylation is 1. The highest BCUT2D eigenvalue weighted by Crippen LogP contribution is 2.24. The number of para-hydroxylation sites is 1. The Morgan fingerprint density at radius 3 is 2.74 bits per heavy atom. The van der Waals surface area contributed by atoms with Gasteiger partial charge in [0.1, 0.15) is 5.75 Å². The van der Waals surface area contributed by atoms with E-state index < -0.39 is 9.04 Å². The lowest BCUT2D eigenvalue weighted by atomic mass is 10.1. The number of nitrogens with two attached hydrogens (primary N) is 1. The van der Waals surface area contributed by atoms with E-state index >= 15 is 0 Å². The second kappa shape index (κ2) is 5.75. The molecule has 5 heteroatoms. The number of rotatable bonds is 4. The van der Waals surface area contributed by atoms with Gasteiger partial charge in [0.2, 0.25) is 9.04 Å². The summed E-state index contributed by atoms with van der Waals surface area (Å²) in [6, 6.07) is 7.88. The van der Waals surface area contributed by atoms with Gasteiger partial charge in [-0.2, -0.15) is 0 Å². The average Bonchev–Trinajstić information content (AvgIpc) is 2.75. The zero-order valence-electron chi connectivity index (χ0n) is 11.5. The molecular formula is C14H19N3OSi. The van der Waals surface area contributed by atoms with Crippen molar-refractivity contribution in [2.45, 2.75) is 13.1 Å². The first-order chi connectivity index (χ1) is 9.08. The van der Waals surface area contributed by atoms with E-state index in [9.17, 15) is 0 Å². The van der Waals surface area contributed by atoms with Crippen LogP contribution in [0.25, 0.3) is 11.8 Å². The van der Waals surface area contributed by atoms with Crippen LogP contribution in [-0.2, 0) is 7.05 Å². The fourth-order valence-corrected chi connectivity index (χ4v) is 2.52. The predicted octanol–water partition coefficient (Wildman–Crippen LogP) is 2.24. The Balaban J connectivity index is 2.36. The van der Waals surface area contributed by atoms with Gasteiger partial charge in [-0.1, -0.05) is 12.1 Å². The topological polar surface area (TPSA) is 53.1 Å². The molecule has 2 aromatic rings. The van der Waals surface area contributed by atoms with Crippen LogP contribution in [0.4, 0.5) is 0 Å². The van der Waals surface area contributed by atoms with Crippen molar-refractivity contribution in [2.75, 3.05) is 0 Å². The highest BCUT2D eigenvalue weighted by atomic mass is 28.3.